The zero-order valence-electron chi connectivity index (χ0n) is 18.4. The van der Waals surface area contributed by atoms with Gasteiger partial charge in [-0.15, -0.1) is 0 Å². The van der Waals surface area contributed by atoms with Gasteiger partial charge in [-0.05, 0) is 37.3 Å². The summed E-state index contributed by atoms with van der Waals surface area (Å²) in [5.74, 6) is -0.839. The maximum absolute atomic E-state index is 13.0. The maximum atomic E-state index is 13.0. The Morgan fingerprint density at radius 3 is 2.45 bits per heavy atom. The fourth-order valence-corrected chi connectivity index (χ4v) is 4.09. The van der Waals surface area contributed by atoms with Gasteiger partial charge in [-0.2, -0.15) is 13.2 Å². The lowest BCUT2D eigenvalue weighted by atomic mass is 9.79. The number of rotatable bonds is 8. The molecule has 3 N–H and O–H groups in total. The number of anilines is 1. The van der Waals surface area contributed by atoms with Crippen LogP contribution in [-0.4, -0.2) is 37.0 Å². The number of carbonyl (C=O) groups is 2. The van der Waals surface area contributed by atoms with Gasteiger partial charge in [0.05, 0.1) is 12.7 Å². The molecule has 1 aliphatic rings. The number of hydrogen-bond donors (Lipinski definition) is 3. The van der Waals surface area contributed by atoms with Gasteiger partial charge in [-0.25, -0.2) is 0 Å². The number of nitrogens with one attached hydrogen (secondary N) is 3. The van der Waals surface area contributed by atoms with Gasteiger partial charge in [0.1, 0.15) is 12.2 Å². The van der Waals surface area contributed by atoms with Crippen molar-refractivity contribution in [2.24, 2.45) is 5.92 Å². The number of amides is 2. The fourth-order valence-electron chi connectivity index (χ4n) is 4.09. The van der Waals surface area contributed by atoms with E-state index in [1.165, 1.54) is 13.2 Å². The number of methoxy groups -OCH3 is 1. The van der Waals surface area contributed by atoms with Crippen LogP contribution in [0.4, 0.5) is 18.9 Å². The molecule has 174 valence electrons. The molecule has 2 rings (SSSR count). The molecular formula is C22H32F3N3O3. The van der Waals surface area contributed by atoms with Crippen LogP contribution in [-0.2, 0) is 15.8 Å². The van der Waals surface area contributed by atoms with Gasteiger partial charge in [0, 0.05) is 29.9 Å². The summed E-state index contributed by atoms with van der Waals surface area (Å²) < 4.78 is 43.9. The first-order chi connectivity index (χ1) is 14.5. The monoisotopic (exact) mass is 443 g/mol. The molecule has 1 fully saturated rings. The third-order valence-electron chi connectivity index (χ3n) is 5.50. The fraction of sp³-hybridized carbons (Fsp3) is 0.636. The van der Waals surface area contributed by atoms with E-state index in [0.717, 1.165) is 37.8 Å². The molecule has 0 heterocycles. The third-order valence-corrected chi connectivity index (χ3v) is 5.50. The molecule has 0 bridgehead atoms. The molecule has 1 aromatic rings. The van der Waals surface area contributed by atoms with Crippen LogP contribution in [0.15, 0.2) is 18.2 Å². The van der Waals surface area contributed by atoms with Crippen LogP contribution in [0.2, 0.25) is 0 Å². The van der Waals surface area contributed by atoms with Crippen molar-refractivity contribution in [3.63, 3.8) is 0 Å². The van der Waals surface area contributed by atoms with Crippen molar-refractivity contribution in [2.75, 3.05) is 12.4 Å². The number of carbonyl (C=O) groups excluding carboxylic acids is 2. The average Bonchev–Trinajstić information content (AvgIpc) is 2.67. The minimum absolute atomic E-state index is 0.0100. The predicted octanol–water partition coefficient (Wildman–Crippen LogP) is 4.10. The van der Waals surface area contributed by atoms with Crippen molar-refractivity contribution in [2.45, 2.75) is 77.2 Å². The summed E-state index contributed by atoms with van der Waals surface area (Å²) in [4.78, 5) is 24.6. The molecule has 0 radical (unpaired) electrons. The normalized spacial score (nSPS) is 21.6. The second-order valence-corrected chi connectivity index (χ2v) is 8.35. The maximum Gasteiger partial charge on any atom is 0.416 e. The van der Waals surface area contributed by atoms with E-state index in [4.69, 9.17) is 4.74 Å². The summed E-state index contributed by atoms with van der Waals surface area (Å²) in [5, 5.41) is 8.83. The Morgan fingerprint density at radius 1 is 1.16 bits per heavy atom. The van der Waals surface area contributed by atoms with E-state index < -0.39 is 30.0 Å². The SMILES string of the molecule is CC[C@H]1C[C@H](NC(C)C)CC[C@@H]1NC(=O)CC(=O)Nc1cc(OC)cc(C(F)(F)F)c1. The number of hydrogen-bond acceptors (Lipinski definition) is 4. The highest BCUT2D eigenvalue weighted by atomic mass is 19.4. The first kappa shape index (κ1) is 25.0. The Morgan fingerprint density at radius 2 is 1.87 bits per heavy atom. The molecule has 0 unspecified atom stereocenters. The molecular weight excluding hydrogens is 411 g/mol. The van der Waals surface area contributed by atoms with E-state index in [1.54, 1.807) is 0 Å². The number of alkyl halides is 3. The molecule has 2 amide bonds. The number of benzene rings is 1. The standard InChI is InChI=1S/C22H32F3N3O3/c1-5-14-8-16(26-13(2)3)6-7-19(14)28-21(30)12-20(29)27-17-9-15(22(23,24)25)10-18(11-17)31-4/h9-11,13-14,16,19,26H,5-8,12H2,1-4H3,(H,27,29)(H,28,30)/t14-,16+,19-/m0/s1. The largest absolute Gasteiger partial charge is 0.497 e. The minimum atomic E-state index is -4.58. The van der Waals surface area contributed by atoms with Crippen molar-refractivity contribution in [1.29, 1.82) is 0 Å². The van der Waals surface area contributed by atoms with Crippen molar-refractivity contribution in [1.82, 2.24) is 10.6 Å². The van der Waals surface area contributed by atoms with Crippen molar-refractivity contribution < 1.29 is 27.5 Å². The summed E-state index contributed by atoms with van der Waals surface area (Å²) in [6, 6.07) is 3.74. The van der Waals surface area contributed by atoms with Crippen molar-refractivity contribution >= 4 is 17.5 Å². The van der Waals surface area contributed by atoms with Crippen LogP contribution < -0.4 is 20.7 Å². The van der Waals surface area contributed by atoms with Crippen LogP contribution in [0, 0.1) is 5.92 Å². The van der Waals surface area contributed by atoms with E-state index in [1.807, 2.05) is 0 Å². The molecule has 6 nitrogen and oxygen atoms in total. The Labute approximate surface area is 181 Å². The van der Waals surface area contributed by atoms with E-state index in [9.17, 15) is 22.8 Å². The van der Waals surface area contributed by atoms with E-state index in [-0.39, 0.29) is 17.5 Å². The molecule has 1 aromatic carbocycles. The van der Waals surface area contributed by atoms with E-state index in [2.05, 4.69) is 36.7 Å². The topological polar surface area (TPSA) is 79.5 Å². The van der Waals surface area contributed by atoms with Crippen LogP contribution in [0.1, 0.15) is 58.4 Å². The molecule has 0 aromatic heterocycles. The zero-order valence-corrected chi connectivity index (χ0v) is 18.4. The van der Waals surface area contributed by atoms with Crippen LogP contribution in [0.3, 0.4) is 0 Å². The predicted molar refractivity (Wildman–Crippen MR) is 113 cm³/mol. The van der Waals surface area contributed by atoms with Crippen LogP contribution in [0.5, 0.6) is 5.75 Å². The van der Waals surface area contributed by atoms with Gasteiger partial charge in [-0.1, -0.05) is 27.2 Å². The second-order valence-electron chi connectivity index (χ2n) is 8.35. The van der Waals surface area contributed by atoms with Gasteiger partial charge in [0.25, 0.3) is 0 Å². The summed E-state index contributed by atoms with van der Waals surface area (Å²) in [6.07, 6.45) is -1.41. The number of halogens is 3. The third kappa shape index (κ3) is 7.72. The van der Waals surface area contributed by atoms with Gasteiger partial charge < -0.3 is 20.7 Å². The highest BCUT2D eigenvalue weighted by Gasteiger charge is 2.32. The molecule has 1 aliphatic carbocycles. The molecule has 0 spiro atoms. The van der Waals surface area contributed by atoms with Gasteiger partial charge >= 0.3 is 6.18 Å². The van der Waals surface area contributed by atoms with Gasteiger partial charge in [-0.3, -0.25) is 9.59 Å². The second kappa shape index (κ2) is 10.8. The molecule has 1 saturated carbocycles. The van der Waals surface area contributed by atoms with Crippen LogP contribution in [0.25, 0.3) is 0 Å². The van der Waals surface area contributed by atoms with Crippen LogP contribution >= 0.6 is 0 Å². The first-order valence-electron chi connectivity index (χ1n) is 10.6. The van der Waals surface area contributed by atoms with Crippen molar-refractivity contribution in [3.05, 3.63) is 23.8 Å². The summed E-state index contributed by atoms with van der Waals surface area (Å²) in [6.45, 7) is 6.29. The summed E-state index contributed by atoms with van der Waals surface area (Å²) in [5.41, 5.74) is -1.01. The van der Waals surface area contributed by atoms with E-state index in [0.29, 0.717) is 18.0 Å². The van der Waals surface area contributed by atoms with E-state index >= 15 is 0 Å². The van der Waals surface area contributed by atoms with Crippen molar-refractivity contribution in [3.8, 4) is 5.75 Å². The Bertz CT molecular complexity index is 768. The molecule has 0 aliphatic heterocycles. The Hall–Kier alpha value is -2.29. The highest BCUT2D eigenvalue weighted by molar-refractivity contribution is 6.03. The smallest absolute Gasteiger partial charge is 0.416 e. The van der Waals surface area contributed by atoms with Gasteiger partial charge in [0.15, 0.2) is 0 Å². The summed E-state index contributed by atoms with van der Waals surface area (Å²) in [7, 11) is 1.24. The lowest BCUT2D eigenvalue weighted by molar-refractivity contribution is -0.137. The Kier molecular flexibility index (Phi) is 8.73. The zero-order chi connectivity index (χ0) is 23.2. The first-order valence-corrected chi connectivity index (χ1v) is 10.6. The molecule has 31 heavy (non-hydrogen) atoms. The number of ether oxygens (including phenoxy) is 1. The Balaban J connectivity index is 1.93. The highest BCUT2D eigenvalue weighted by Crippen LogP contribution is 2.34. The quantitative estimate of drug-likeness (QED) is 0.529. The summed E-state index contributed by atoms with van der Waals surface area (Å²) >= 11 is 0. The lowest BCUT2D eigenvalue weighted by Gasteiger charge is -2.37. The lowest BCUT2D eigenvalue weighted by Crippen LogP contribution is -2.49. The molecule has 3 atom stereocenters. The average molecular weight is 444 g/mol. The minimum Gasteiger partial charge on any atom is -0.497 e. The molecule has 0 saturated heterocycles. The van der Waals surface area contributed by atoms with Gasteiger partial charge in [0.2, 0.25) is 11.8 Å². The molecule has 9 heteroatoms.